The maximum Gasteiger partial charge on any atom is 0.243 e. The lowest BCUT2D eigenvalue weighted by atomic mass is 9.94. The van der Waals surface area contributed by atoms with Crippen LogP contribution in [0.1, 0.15) is 34.1 Å². The molecule has 6 amide bonds. The van der Waals surface area contributed by atoms with E-state index in [1.807, 2.05) is 0 Å². The van der Waals surface area contributed by atoms with Crippen molar-refractivity contribution in [3.8, 4) is 0 Å². The van der Waals surface area contributed by atoms with Crippen LogP contribution in [0.2, 0.25) is 0 Å². The highest BCUT2D eigenvalue weighted by Gasteiger charge is 2.26. The fourth-order valence-corrected chi connectivity index (χ4v) is 2.12. The number of carbonyl (C=O) groups excluding carboxylic acids is 6. The zero-order valence-corrected chi connectivity index (χ0v) is 18.9. The minimum Gasteiger partial charge on any atom is -0.369 e. The van der Waals surface area contributed by atoms with E-state index in [4.69, 9.17) is 10.5 Å². The second-order valence-electron chi connectivity index (χ2n) is 7.95. The highest BCUT2D eigenvalue weighted by molar-refractivity contribution is 5.92. The van der Waals surface area contributed by atoms with Crippen molar-refractivity contribution in [1.82, 2.24) is 26.6 Å². The summed E-state index contributed by atoms with van der Waals surface area (Å²) in [5, 5.41) is 12.0. The van der Waals surface area contributed by atoms with Crippen LogP contribution in [0.15, 0.2) is 0 Å². The van der Waals surface area contributed by atoms with Gasteiger partial charge < -0.3 is 37.1 Å². The van der Waals surface area contributed by atoms with Crippen LogP contribution in [0.5, 0.6) is 0 Å². The minimum atomic E-state index is -0.920. The largest absolute Gasteiger partial charge is 0.369 e. The molecule has 0 radical (unpaired) electrons. The SMILES string of the molecule is CC(C)C(NC(=O)CNC(=O)CCNC=O)C(=O)NCC(=O)NCOCC(C)(C)C(N)=O. The molecule has 0 saturated carbocycles. The van der Waals surface area contributed by atoms with Gasteiger partial charge in [-0.15, -0.1) is 0 Å². The van der Waals surface area contributed by atoms with Crippen molar-refractivity contribution < 1.29 is 33.5 Å². The molecule has 32 heavy (non-hydrogen) atoms. The summed E-state index contributed by atoms with van der Waals surface area (Å²) in [5.74, 6) is -2.93. The van der Waals surface area contributed by atoms with E-state index in [0.29, 0.717) is 6.41 Å². The number of amides is 6. The minimum absolute atomic E-state index is 0.0129. The highest BCUT2D eigenvalue weighted by atomic mass is 16.5. The number of carbonyl (C=O) groups is 6. The Morgan fingerprint density at radius 3 is 2.16 bits per heavy atom. The van der Waals surface area contributed by atoms with Crippen LogP contribution < -0.4 is 32.3 Å². The van der Waals surface area contributed by atoms with Gasteiger partial charge in [0.2, 0.25) is 35.9 Å². The number of nitrogens with one attached hydrogen (secondary N) is 5. The third kappa shape index (κ3) is 12.5. The summed E-state index contributed by atoms with van der Waals surface area (Å²) in [6.07, 6.45) is 0.475. The third-order valence-corrected chi connectivity index (χ3v) is 4.22. The molecule has 13 heteroatoms. The molecule has 182 valence electrons. The first kappa shape index (κ1) is 28.8. The molecular formula is C19H34N6O7. The van der Waals surface area contributed by atoms with Crippen molar-refractivity contribution in [3.05, 3.63) is 0 Å². The maximum absolute atomic E-state index is 12.4. The van der Waals surface area contributed by atoms with Gasteiger partial charge in [-0.05, 0) is 19.8 Å². The van der Waals surface area contributed by atoms with E-state index >= 15 is 0 Å². The number of primary amides is 1. The fraction of sp³-hybridized carbons (Fsp3) is 0.684. The predicted molar refractivity (Wildman–Crippen MR) is 113 cm³/mol. The van der Waals surface area contributed by atoms with Crippen molar-refractivity contribution >= 4 is 35.9 Å². The molecule has 0 rings (SSSR count). The summed E-state index contributed by atoms with van der Waals surface area (Å²) in [6, 6.07) is -0.920. The van der Waals surface area contributed by atoms with Crippen LogP contribution in [0.25, 0.3) is 0 Å². The van der Waals surface area contributed by atoms with E-state index in [1.165, 1.54) is 0 Å². The van der Waals surface area contributed by atoms with Gasteiger partial charge in [0.25, 0.3) is 0 Å². The van der Waals surface area contributed by atoms with Gasteiger partial charge in [-0.1, -0.05) is 13.8 Å². The predicted octanol–water partition coefficient (Wildman–Crippen LogP) is -2.90. The van der Waals surface area contributed by atoms with Gasteiger partial charge in [0.05, 0.1) is 25.1 Å². The Balaban J connectivity index is 4.35. The molecule has 0 aromatic carbocycles. The van der Waals surface area contributed by atoms with Crippen LogP contribution in [-0.4, -0.2) is 75.0 Å². The second-order valence-corrected chi connectivity index (χ2v) is 7.95. The number of hydrogen-bond donors (Lipinski definition) is 6. The molecule has 0 fully saturated rings. The molecule has 13 nitrogen and oxygen atoms in total. The van der Waals surface area contributed by atoms with Crippen molar-refractivity contribution in [2.75, 3.05) is 33.0 Å². The lowest BCUT2D eigenvalue weighted by Crippen LogP contribution is -2.53. The van der Waals surface area contributed by atoms with Crippen LogP contribution in [0.3, 0.4) is 0 Å². The Labute approximate surface area is 186 Å². The zero-order chi connectivity index (χ0) is 24.7. The average Bonchev–Trinajstić information content (AvgIpc) is 2.71. The molecule has 7 N–H and O–H groups in total. The van der Waals surface area contributed by atoms with E-state index in [1.54, 1.807) is 27.7 Å². The molecular weight excluding hydrogens is 424 g/mol. The summed E-state index contributed by atoms with van der Waals surface area (Å²) in [4.78, 5) is 69.1. The summed E-state index contributed by atoms with van der Waals surface area (Å²) in [7, 11) is 0. The Morgan fingerprint density at radius 1 is 0.969 bits per heavy atom. The molecule has 0 heterocycles. The van der Waals surface area contributed by atoms with E-state index in [2.05, 4.69) is 26.6 Å². The lowest BCUT2D eigenvalue weighted by Gasteiger charge is -2.22. The van der Waals surface area contributed by atoms with Gasteiger partial charge in [0.1, 0.15) is 12.8 Å². The maximum atomic E-state index is 12.4. The number of nitrogens with two attached hydrogens (primary N) is 1. The van der Waals surface area contributed by atoms with Crippen molar-refractivity contribution in [3.63, 3.8) is 0 Å². The fourth-order valence-electron chi connectivity index (χ4n) is 2.12. The molecule has 0 saturated heterocycles. The topological polar surface area (TPSA) is 198 Å². The van der Waals surface area contributed by atoms with Crippen molar-refractivity contribution in [2.24, 2.45) is 17.1 Å². The lowest BCUT2D eigenvalue weighted by molar-refractivity contribution is -0.132. The summed E-state index contributed by atoms with van der Waals surface area (Å²) in [5.41, 5.74) is 4.34. The Hall–Kier alpha value is -3.22. The molecule has 0 bridgehead atoms. The molecule has 0 spiro atoms. The van der Waals surface area contributed by atoms with Crippen molar-refractivity contribution in [2.45, 2.75) is 40.2 Å². The smallest absolute Gasteiger partial charge is 0.243 e. The molecule has 1 unspecified atom stereocenters. The summed E-state index contributed by atoms with van der Waals surface area (Å²) in [6.45, 7) is 5.94. The molecule has 0 aliphatic rings. The standard InChI is InChI=1S/C19H34N6O7/c1-12(2)16(25-15(29)8-22-13(27)5-6-21-10-26)17(30)23-7-14(28)24-11-32-9-19(3,4)18(20)31/h10,12,16H,5-9,11H2,1-4H3,(H2,20,31)(H,21,26)(H,22,27)(H,23,30)(H,24,28)(H,25,29). The average molecular weight is 459 g/mol. The first-order valence-electron chi connectivity index (χ1n) is 10.1. The number of rotatable bonds is 16. The first-order valence-corrected chi connectivity index (χ1v) is 10.1. The molecule has 0 aromatic rings. The number of ether oxygens (including phenoxy) is 1. The van der Waals surface area contributed by atoms with Crippen molar-refractivity contribution in [1.29, 1.82) is 0 Å². The summed E-state index contributed by atoms with van der Waals surface area (Å²) < 4.78 is 5.19. The monoisotopic (exact) mass is 458 g/mol. The van der Waals surface area contributed by atoms with Gasteiger partial charge in [-0.3, -0.25) is 28.8 Å². The van der Waals surface area contributed by atoms with Gasteiger partial charge >= 0.3 is 0 Å². The third-order valence-electron chi connectivity index (χ3n) is 4.22. The van der Waals surface area contributed by atoms with Gasteiger partial charge in [0.15, 0.2) is 0 Å². The normalized spacial score (nSPS) is 11.8. The van der Waals surface area contributed by atoms with Gasteiger partial charge in [-0.2, -0.15) is 0 Å². The first-order chi connectivity index (χ1) is 14.9. The van der Waals surface area contributed by atoms with E-state index in [9.17, 15) is 28.8 Å². The zero-order valence-electron chi connectivity index (χ0n) is 18.9. The molecule has 0 aromatic heterocycles. The van der Waals surface area contributed by atoms with Crippen LogP contribution in [0.4, 0.5) is 0 Å². The van der Waals surface area contributed by atoms with Gasteiger partial charge in [-0.25, -0.2) is 0 Å². The van der Waals surface area contributed by atoms with E-state index in [0.717, 1.165) is 0 Å². The molecule has 1 atom stereocenters. The molecule has 0 aliphatic carbocycles. The Kier molecular flexibility index (Phi) is 13.2. The number of hydrogen-bond acceptors (Lipinski definition) is 7. The quantitative estimate of drug-likeness (QED) is 0.0809. The highest BCUT2D eigenvalue weighted by Crippen LogP contribution is 2.13. The van der Waals surface area contributed by atoms with Crippen LogP contribution in [-0.2, 0) is 33.5 Å². The van der Waals surface area contributed by atoms with Crippen LogP contribution in [0, 0.1) is 11.3 Å². The van der Waals surface area contributed by atoms with E-state index in [-0.39, 0.29) is 45.3 Å². The second kappa shape index (κ2) is 14.7. The summed E-state index contributed by atoms with van der Waals surface area (Å²) >= 11 is 0. The molecule has 0 aliphatic heterocycles. The Morgan fingerprint density at radius 2 is 1.59 bits per heavy atom. The van der Waals surface area contributed by atoms with Gasteiger partial charge in [0, 0.05) is 13.0 Å². The van der Waals surface area contributed by atoms with Crippen LogP contribution >= 0.6 is 0 Å². The Bertz CT molecular complexity index is 681. The van der Waals surface area contributed by atoms with E-state index < -0.39 is 41.0 Å².